The van der Waals surface area contributed by atoms with Crippen LogP contribution >= 0.6 is 0 Å². The Hall–Kier alpha value is -3.94. The molecule has 0 bridgehead atoms. The Labute approximate surface area is 174 Å². The predicted molar refractivity (Wildman–Crippen MR) is 119 cm³/mol. The van der Waals surface area contributed by atoms with Crippen LogP contribution in [-0.4, -0.2) is 25.4 Å². The zero-order chi connectivity index (χ0) is 21.1. The third-order valence-corrected chi connectivity index (χ3v) is 4.48. The van der Waals surface area contributed by atoms with E-state index in [1.54, 1.807) is 6.33 Å². The van der Waals surface area contributed by atoms with E-state index in [2.05, 4.69) is 39.8 Å². The lowest BCUT2D eigenvalue weighted by atomic mass is 10.2. The number of nitrogens with one attached hydrogen (secondary N) is 3. The number of hydrogen-bond donors (Lipinski definition) is 3. The summed E-state index contributed by atoms with van der Waals surface area (Å²) in [5, 5.41) is 9.34. The highest BCUT2D eigenvalue weighted by molar-refractivity contribution is 5.89. The van der Waals surface area contributed by atoms with Crippen molar-refractivity contribution in [1.29, 1.82) is 0 Å². The molecule has 0 radical (unpaired) electrons. The van der Waals surface area contributed by atoms with E-state index in [-0.39, 0.29) is 11.9 Å². The second-order valence-corrected chi connectivity index (χ2v) is 7.19. The molecule has 152 valence electrons. The van der Waals surface area contributed by atoms with Crippen LogP contribution in [0.25, 0.3) is 11.2 Å². The Morgan fingerprint density at radius 1 is 0.900 bits per heavy atom. The second kappa shape index (κ2) is 8.20. The van der Waals surface area contributed by atoms with E-state index in [1.165, 1.54) is 6.92 Å². The summed E-state index contributed by atoms with van der Waals surface area (Å²) in [6, 6.07) is 17.4. The largest absolute Gasteiger partial charge is 0.338 e. The summed E-state index contributed by atoms with van der Waals surface area (Å²) in [6.45, 7) is 5.65. The molecule has 0 saturated heterocycles. The molecular formula is C22H23N7O. The topological polar surface area (TPSA) is 96.8 Å². The summed E-state index contributed by atoms with van der Waals surface area (Å²) < 4.78 is 2.01. The lowest BCUT2D eigenvalue weighted by molar-refractivity contribution is -0.114. The molecule has 2 aromatic carbocycles. The minimum atomic E-state index is -0.107. The molecule has 8 heteroatoms. The van der Waals surface area contributed by atoms with Gasteiger partial charge in [-0.25, -0.2) is 4.98 Å². The summed E-state index contributed by atoms with van der Waals surface area (Å²) in [5.41, 5.74) is 3.90. The van der Waals surface area contributed by atoms with Gasteiger partial charge in [0, 0.05) is 30.0 Å². The number of anilines is 5. The quantitative estimate of drug-likeness (QED) is 0.427. The van der Waals surface area contributed by atoms with E-state index in [1.807, 2.05) is 59.2 Å². The molecule has 0 fully saturated rings. The number of carbonyl (C=O) groups excluding carboxylic acids is 1. The second-order valence-electron chi connectivity index (χ2n) is 7.19. The zero-order valence-corrected chi connectivity index (χ0v) is 17.0. The van der Waals surface area contributed by atoms with E-state index in [9.17, 15) is 4.79 Å². The number of fused-ring (bicyclic) bond motifs is 1. The number of imidazole rings is 1. The van der Waals surface area contributed by atoms with E-state index in [0.717, 1.165) is 22.7 Å². The molecule has 0 saturated carbocycles. The monoisotopic (exact) mass is 401 g/mol. The molecule has 3 N–H and O–H groups in total. The fraction of sp³-hybridized carbons (Fsp3) is 0.182. The molecule has 2 heterocycles. The number of nitrogens with zero attached hydrogens (tertiary/aromatic N) is 4. The number of benzene rings is 2. The highest BCUT2D eigenvalue weighted by atomic mass is 16.1. The fourth-order valence-corrected chi connectivity index (χ4v) is 3.06. The van der Waals surface area contributed by atoms with Gasteiger partial charge < -0.3 is 20.5 Å². The van der Waals surface area contributed by atoms with Gasteiger partial charge in [0.25, 0.3) is 0 Å². The van der Waals surface area contributed by atoms with Crippen LogP contribution in [0.5, 0.6) is 0 Å². The van der Waals surface area contributed by atoms with Gasteiger partial charge in [0.1, 0.15) is 0 Å². The summed E-state index contributed by atoms with van der Waals surface area (Å²) in [7, 11) is 0. The first-order chi connectivity index (χ1) is 14.5. The number of rotatable bonds is 6. The molecule has 2 aromatic heterocycles. The van der Waals surface area contributed by atoms with Crippen molar-refractivity contribution in [3.63, 3.8) is 0 Å². The number of carbonyl (C=O) groups is 1. The van der Waals surface area contributed by atoms with Gasteiger partial charge in [-0.05, 0) is 50.2 Å². The maximum Gasteiger partial charge on any atom is 0.231 e. The van der Waals surface area contributed by atoms with Gasteiger partial charge in [-0.1, -0.05) is 18.2 Å². The molecule has 0 unspecified atom stereocenters. The van der Waals surface area contributed by atoms with Gasteiger partial charge in [0.05, 0.1) is 6.33 Å². The Morgan fingerprint density at radius 2 is 1.57 bits per heavy atom. The van der Waals surface area contributed by atoms with Gasteiger partial charge in [0.15, 0.2) is 17.0 Å². The minimum absolute atomic E-state index is 0.107. The summed E-state index contributed by atoms with van der Waals surface area (Å²) in [4.78, 5) is 25.1. The predicted octanol–water partition coefficient (Wildman–Crippen LogP) is 4.85. The Balaban J connectivity index is 1.71. The summed E-state index contributed by atoms with van der Waals surface area (Å²) in [6.07, 6.45) is 1.78. The third-order valence-electron chi connectivity index (χ3n) is 4.48. The highest BCUT2D eigenvalue weighted by Crippen LogP contribution is 2.27. The first kappa shape index (κ1) is 19.4. The van der Waals surface area contributed by atoms with Gasteiger partial charge in [-0.15, -0.1) is 0 Å². The molecule has 8 nitrogen and oxygen atoms in total. The SMILES string of the molecule is CC(=O)Nc1ccc(Nc2nc(Nc3ccccc3)nc3c2ncn3C(C)C)cc1. The smallest absolute Gasteiger partial charge is 0.231 e. The van der Waals surface area contributed by atoms with Gasteiger partial charge in [-0.3, -0.25) is 4.79 Å². The van der Waals surface area contributed by atoms with E-state index >= 15 is 0 Å². The van der Waals surface area contributed by atoms with Gasteiger partial charge in [-0.2, -0.15) is 9.97 Å². The van der Waals surface area contributed by atoms with Gasteiger partial charge >= 0.3 is 0 Å². The number of aromatic nitrogens is 4. The van der Waals surface area contributed by atoms with Crippen LogP contribution in [0.15, 0.2) is 60.9 Å². The average Bonchev–Trinajstić information content (AvgIpc) is 3.14. The first-order valence-electron chi connectivity index (χ1n) is 9.71. The van der Waals surface area contributed by atoms with Crippen molar-refractivity contribution in [1.82, 2.24) is 19.5 Å². The van der Waals surface area contributed by atoms with Crippen molar-refractivity contribution < 1.29 is 4.79 Å². The third kappa shape index (κ3) is 4.22. The van der Waals surface area contributed by atoms with Crippen LogP contribution in [0.2, 0.25) is 0 Å². The van der Waals surface area contributed by atoms with Crippen molar-refractivity contribution in [3.05, 3.63) is 60.9 Å². The van der Waals surface area contributed by atoms with E-state index < -0.39 is 0 Å². The van der Waals surface area contributed by atoms with Crippen LogP contribution in [0, 0.1) is 0 Å². The maximum atomic E-state index is 11.2. The molecule has 30 heavy (non-hydrogen) atoms. The summed E-state index contributed by atoms with van der Waals surface area (Å²) >= 11 is 0. The molecule has 0 spiro atoms. The Bertz CT molecular complexity index is 1170. The van der Waals surface area contributed by atoms with Crippen LogP contribution < -0.4 is 16.0 Å². The fourth-order valence-electron chi connectivity index (χ4n) is 3.06. The molecule has 0 aliphatic carbocycles. The minimum Gasteiger partial charge on any atom is -0.338 e. The Kier molecular flexibility index (Phi) is 5.30. The molecule has 0 aliphatic rings. The standard InChI is InChI=1S/C22H23N7O/c1-14(2)29-13-23-19-20(25-18-11-9-17(10-12-18)24-15(3)30)27-22(28-21(19)29)26-16-7-5-4-6-8-16/h4-14H,1-3H3,(H,24,30)(H2,25,26,27,28). The molecule has 0 atom stereocenters. The van der Waals surface area contributed by atoms with Crippen LogP contribution in [0.1, 0.15) is 26.8 Å². The molecule has 0 aliphatic heterocycles. The van der Waals surface area contributed by atoms with E-state index in [0.29, 0.717) is 17.3 Å². The lowest BCUT2D eigenvalue weighted by Crippen LogP contribution is -2.06. The van der Waals surface area contributed by atoms with Crippen molar-refractivity contribution in [2.75, 3.05) is 16.0 Å². The molecular weight excluding hydrogens is 378 g/mol. The van der Waals surface area contributed by atoms with Gasteiger partial charge in [0.2, 0.25) is 11.9 Å². The highest BCUT2D eigenvalue weighted by Gasteiger charge is 2.15. The molecule has 1 amide bonds. The van der Waals surface area contributed by atoms with Crippen LogP contribution in [0.3, 0.4) is 0 Å². The first-order valence-corrected chi connectivity index (χ1v) is 9.71. The number of para-hydroxylation sites is 1. The summed E-state index contributed by atoms with van der Waals surface area (Å²) in [5.74, 6) is 0.975. The maximum absolute atomic E-state index is 11.2. The average molecular weight is 401 g/mol. The number of amides is 1. The van der Waals surface area contributed by atoms with Crippen LogP contribution in [0.4, 0.5) is 28.8 Å². The number of hydrogen-bond acceptors (Lipinski definition) is 6. The zero-order valence-electron chi connectivity index (χ0n) is 17.0. The normalized spacial score (nSPS) is 10.9. The molecule has 4 aromatic rings. The molecule has 4 rings (SSSR count). The van der Waals surface area contributed by atoms with Crippen molar-refractivity contribution in [2.24, 2.45) is 0 Å². The van der Waals surface area contributed by atoms with Crippen molar-refractivity contribution in [2.45, 2.75) is 26.8 Å². The lowest BCUT2D eigenvalue weighted by Gasteiger charge is -2.12. The van der Waals surface area contributed by atoms with E-state index in [4.69, 9.17) is 4.98 Å². The Morgan fingerprint density at radius 3 is 2.23 bits per heavy atom. The van der Waals surface area contributed by atoms with Crippen molar-refractivity contribution >= 4 is 45.9 Å². The van der Waals surface area contributed by atoms with Crippen LogP contribution in [-0.2, 0) is 4.79 Å². The van der Waals surface area contributed by atoms with Crippen molar-refractivity contribution in [3.8, 4) is 0 Å².